The van der Waals surface area contributed by atoms with Crippen molar-refractivity contribution >= 4 is 23.4 Å². The zero-order valence-corrected chi connectivity index (χ0v) is 13.2. The van der Waals surface area contributed by atoms with Gasteiger partial charge in [-0.15, -0.1) is 0 Å². The van der Waals surface area contributed by atoms with Crippen LogP contribution in [-0.4, -0.2) is 30.0 Å². The second kappa shape index (κ2) is 7.58. The van der Waals surface area contributed by atoms with Gasteiger partial charge in [0.25, 0.3) is 5.91 Å². The molecule has 0 bridgehead atoms. The summed E-state index contributed by atoms with van der Waals surface area (Å²) in [5, 5.41) is 6.53. The summed E-state index contributed by atoms with van der Waals surface area (Å²) in [5.41, 5.74) is 3.02. The number of carbonyl (C=O) groups is 1. The van der Waals surface area contributed by atoms with E-state index in [-0.39, 0.29) is 5.91 Å². The molecule has 0 spiro atoms. The SMILES string of the molecule is CCCNc1ccc(C(=O)NC2CCSCC2)cc1C. The average molecular weight is 292 g/mol. The van der Waals surface area contributed by atoms with Gasteiger partial charge in [0.05, 0.1) is 0 Å². The van der Waals surface area contributed by atoms with Gasteiger partial charge in [0.1, 0.15) is 0 Å². The van der Waals surface area contributed by atoms with Crippen LogP contribution >= 0.6 is 11.8 Å². The predicted molar refractivity (Wildman–Crippen MR) is 87.8 cm³/mol. The van der Waals surface area contributed by atoms with Crippen LogP contribution in [0.15, 0.2) is 18.2 Å². The van der Waals surface area contributed by atoms with Gasteiger partial charge >= 0.3 is 0 Å². The molecule has 0 unspecified atom stereocenters. The van der Waals surface area contributed by atoms with Gasteiger partial charge in [0.2, 0.25) is 0 Å². The molecule has 0 saturated carbocycles. The van der Waals surface area contributed by atoms with Crippen LogP contribution in [0.1, 0.15) is 42.1 Å². The third-order valence-electron chi connectivity index (χ3n) is 3.61. The maximum atomic E-state index is 12.3. The van der Waals surface area contributed by atoms with Gasteiger partial charge in [-0.1, -0.05) is 6.92 Å². The Bertz CT molecular complexity index is 456. The van der Waals surface area contributed by atoms with Gasteiger partial charge in [-0.25, -0.2) is 0 Å². The summed E-state index contributed by atoms with van der Waals surface area (Å²) in [4.78, 5) is 12.3. The molecule has 4 heteroatoms. The first-order chi connectivity index (χ1) is 9.70. The Morgan fingerprint density at radius 1 is 1.35 bits per heavy atom. The van der Waals surface area contributed by atoms with Crippen LogP contribution < -0.4 is 10.6 Å². The maximum absolute atomic E-state index is 12.3. The number of anilines is 1. The molecule has 0 aliphatic carbocycles. The van der Waals surface area contributed by atoms with Crippen LogP contribution in [0.5, 0.6) is 0 Å². The van der Waals surface area contributed by atoms with Crippen LogP contribution in [0.25, 0.3) is 0 Å². The van der Waals surface area contributed by atoms with Crippen LogP contribution in [0.3, 0.4) is 0 Å². The van der Waals surface area contributed by atoms with Crippen molar-refractivity contribution in [2.45, 2.75) is 39.2 Å². The highest BCUT2D eigenvalue weighted by Gasteiger charge is 2.17. The zero-order chi connectivity index (χ0) is 14.4. The number of nitrogens with one attached hydrogen (secondary N) is 2. The summed E-state index contributed by atoms with van der Waals surface area (Å²) in [5.74, 6) is 2.38. The van der Waals surface area contributed by atoms with Gasteiger partial charge in [-0.05, 0) is 61.5 Å². The van der Waals surface area contributed by atoms with Crippen LogP contribution in [0.2, 0.25) is 0 Å². The Balaban J connectivity index is 1.97. The highest BCUT2D eigenvalue weighted by molar-refractivity contribution is 7.99. The third-order valence-corrected chi connectivity index (χ3v) is 4.66. The van der Waals surface area contributed by atoms with Crippen molar-refractivity contribution < 1.29 is 4.79 Å². The van der Waals surface area contributed by atoms with Crippen LogP contribution in [0, 0.1) is 6.92 Å². The van der Waals surface area contributed by atoms with E-state index in [2.05, 4.69) is 17.6 Å². The fourth-order valence-corrected chi connectivity index (χ4v) is 3.48. The molecule has 1 saturated heterocycles. The number of aryl methyl sites for hydroxylation is 1. The van der Waals surface area contributed by atoms with E-state index < -0.39 is 0 Å². The first kappa shape index (κ1) is 15.2. The fourth-order valence-electron chi connectivity index (χ4n) is 2.37. The summed E-state index contributed by atoms with van der Waals surface area (Å²) in [6.07, 6.45) is 3.28. The quantitative estimate of drug-likeness (QED) is 0.873. The number of amides is 1. The lowest BCUT2D eigenvalue weighted by Gasteiger charge is -2.22. The van der Waals surface area contributed by atoms with Crippen molar-refractivity contribution in [3.63, 3.8) is 0 Å². The van der Waals surface area contributed by atoms with Crippen molar-refractivity contribution in [1.82, 2.24) is 5.32 Å². The Hall–Kier alpha value is -1.16. The van der Waals surface area contributed by atoms with Crippen molar-refractivity contribution in [2.75, 3.05) is 23.4 Å². The molecule has 1 aliphatic heterocycles. The van der Waals surface area contributed by atoms with E-state index in [1.54, 1.807) is 0 Å². The number of thioether (sulfide) groups is 1. The largest absolute Gasteiger partial charge is 0.385 e. The van der Waals surface area contributed by atoms with Gasteiger partial charge < -0.3 is 10.6 Å². The minimum Gasteiger partial charge on any atom is -0.385 e. The number of hydrogen-bond acceptors (Lipinski definition) is 3. The Kier molecular flexibility index (Phi) is 5.77. The van der Waals surface area contributed by atoms with Crippen molar-refractivity contribution in [2.24, 2.45) is 0 Å². The molecule has 3 nitrogen and oxygen atoms in total. The van der Waals surface area contributed by atoms with E-state index in [1.807, 2.05) is 36.9 Å². The lowest BCUT2D eigenvalue weighted by Crippen LogP contribution is -2.37. The normalized spacial score (nSPS) is 15.9. The van der Waals surface area contributed by atoms with E-state index in [9.17, 15) is 4.79 Å². The molecule has 1 aliphatic rings. The topological polar surface area (TPSA) is 41.1 Å². The minimum atomic E-state index is 0.0621. The molecule has 0 atom stereocenters. The number of carbonyl (C=O) groups excluding carboxylic acids is 1. The fraction of sp³-hybridized carbons (Fsp3) is 0.562. The van der Waals surface area contributed by atoms with E-state index in [0.29, 0.717) is 6.04 Å². The molecule has 1 aromatic rings. The van der Waals surface area contributed by atoms with Gasteiger partial charge in [-0.3, -0.25) is 4.79 Å². The van der Waals surface area contributed by atoms with E-state index in [0.717, 1.165) is 54.1 Å². The molecular weight excluding hydrogens is 268 g/mol. The molecule has 20 heavy (non-hydrogen) atoms. The van der Waals surface area contributed by atoms with Crippen molar-refractivity contribution in [3.05, 3.63) is 29.3 Å². The van der Waals surface area contributed by atoms with Gasteiger partial charge in [0, 0.05) is 23.8 Å². The molecule has 110 valence electrons. The molecule has 2 rings (SSSR count). The molecule has 1 fully saturated rings. The Morgan fingerprint density at radius 3 is 2.75 bits per heavy atom. The Labute approximate surface area is 125 Å². The summed E-state index contributed by atoms with van der Waals surface area (Å²) in [6, 6.07) is 6.25. The lowest BCUT2D eigenvalue weighted by atomic mass is 10.1. The average Bonchev–Trinajstić information content (AvgIpc) is 2.47. The second-order valence-corrected chi connectivity index (χ2v) is 6.54. The van der Waals surface area contributed by atoms with Crippen molar-refractivity contribution in [1.29, 1.82) is 0 Å². The lowest BCUT2D eigenvalue weighted by molar-refractivity contribution is 0.0935. The predicted octanol–water partition coefficient (Wildman–Crippen LogP) is 3.44. The summed E-state index contributed by atoms with van der Waals surface area (Å²) < 4.78 is 0. The second-order valence-electron chi connectivity index (χ2n) is 5.32. The first-order valence-corrected chi connectivity index (χ1v) is 8.59. The third kappa shape index (κ3) is 4.17. The number of rotatable bonds is 5. The van der Waals surface area contributed by atoms with Gasteiger partial charge in [0.15, 0.2) is 0 Å². The van der Waals surface area contributed by atoms with E-state index in [4.69, 9.17) is 0 Å². The molecule has 1 amide bonds. The minimum absolute atomic E-state index is 0.0621. The number of hydrogen-bond donors (Lipinski definition) is 2. The summed E-state index contributed by atoms with van der Waals surface area (Å²) >= 11 is 1.97. The van der Waals surface area contributed by atoms with E-state index >= 15 is 0 Å². The first-order valence-electron chi connectivity index (χ1n) is 7.44. The molecule has 0 aromatic heterocycles. The molecule has 2 N–H and O–H groups in total. The zero-order valence-electron chi connectivity index (χ0n) is 12.4. The number of benzene rings is 1. The standard InChI is InChI=1S/C16H24N2OS/c1-3-8-17-15-5-4-13(11-12(15)2)16(19)18-14-6-9-20-10-7-14/h4-5,11,14,17H,3,6-10H2,1-2H3,(H,18,19). The summed E-state index contributed by atoms with van der Waals surface area (Å²) in [7, 11) is 0. The Morgan fingerprint density at radius 2 is 2.10 bits per heavy atom. The molecule has 0 radical (unpaired) electrons. The van der Waals surface area contributed by atoms with Crippen LogP contribution in [0.4, 0.5) is 5.69 Å². The molecule has 1 aromatic carbocycles. The van der Waals surface area contributed by atoms with Crippen LogP contribution in [-0.2, 0) is 0 Å². The monoisotopic (exact) mass is 292 g/mol. The highest BCUT2D eigenvalue weighted by atomic mass is 32.2. The molecule has 1 heterocycles. The molecular formula is C16H24N2OS. The summed E-state index contributed by atoms with van der Waals surface area (Å²) in [6.45, 7) is 5.16. The van der Waals surface area contributed by atoms with Crippen molar-refractivity contribution in [3.8, 4) is 0 Å². The smallest absolute Gasteiger partial charge is 0.251 e. The maximum Gasteiger partial charge on any atom is 0.251 e. The van der Waals surface area contributed by atoms with E-state index in [1.165, 1.54) is 0 Å². The highest BCUT2D eigenvalue weighted by Crippen LogP contribution is 2.19. The van der Waals surface area contributed by atoms with Gasteiger partial charge in [-0.2, -0.15) is 11.8 Å².